The summed E-state index contributed by atoms with van der Waals surface area (Å²) in [5.41, 5.74) is 9.93. The quantitative estimate of drug-likeness (QED) is 0.923. The maximum absolute atomic E-state index is 13.0. The molecule has 1 aliphatic heterocycles. The summed E-state index contributed by atoms with van der Waals surface area (Å²) < 4.78 is 0. The largest absolute Gasteiger partial charge is 0.337 e. The number of rotatable bonds is 2. The van der Waals surface area contributed by atoms with E-state index in [2.05, 4.69) is 53.4 Å². The first-order valence-corrected chi connectivity index (χ1v) is 8.89. The van der Waals surface area contributed by atoms with Gasteiger partial charge in [0.1, 0.15) is 0 Å². The second kappa shape index (κ2) is 6.40. The summed E-state index contributed by atoms with van der Waals surface area (Å²) >= 11 is 0. The van der Waals surface area contributed by atoms with Gasteiger partial charge in [-0.15, -0.1) is 0 Å². The molecule has 0 radical (unpaired) electrons. The zero-order valence-corrected chi connectivity index (χ0v) is 13.9. The van der Waals surface area contributed by atoms with Gasteiger partial charge in [0, 0.05) is 31.0 Å². The molecule has 2 N–H and O–H groups in total. The minimum Gasteiger partial charge on any atom is -0.337 e. The Morgan fingerprint density at radius 1 is 1.00 bits per heavy atom. The minimum absolute atomic E-state index is 0.113. The summed E-state index contributed by atoms with van der Waals surface area (Å²) in [6, 6.07) is 19.3. The summed E-state index contributed by atoms with van der Waals surface area (Å²) in [5, 5.41) is 0. The van der Waals surface area contributed by atoms with Crippen molar-refractivity contribution in [3.05, 3.63) is 71.3 Å². The van der Waals surface area contributed by atoms with Crippen molar-refractivity contribution in [1.82, 2.24) is 4.90 Å². The molecule has 4 rings (SSSR count). The van der Waals surface area contributed by atoms with Crippen molar-refractivity contribution in [3.8, 4) is 0 Å². The summed E-state index contributed by atoms with van der Waals surface area (Å²) in [6.07, 6.45) is 2.75. The zero-order chi connectivity index (χ0) is 16.5. The highest BCUT2D eigenvalue weighted by molar-refractivity contribution is 5.79. The molecular formula is C21H24N2O. The molecule has 2 aliphatic rings. The Morgan fingerprint density at radius 3 is 2.50 bits per heavy atom. The predicted octanol–water partition coefficient (Wildman–Crippen LogP) is 3.29. The lowest BCUT2D eigenvalue weighted by atomic mass is 9.84. The Labute approximate surface area is 143 Å². The summed E-state index contributed by atoms with van der Waals surface area (Å²) in [7, 11) is 0. The average Bonchev–Trinajstić information content (AvgIpc) is 3.07. The first-order chi connectivity index (χ1) is 11.7. The van der Waals surface area contributed by atoms with Gasteiger partial charge in [-0.3, -0.25) is 4.79 Å². The third kappa shape index (κ3) is 2.84. The van der Waals surface area contributed by atoms with E-state index in [1.54, 1.807) is 0 Å². The zero-order valence-electron chi connectivity index (χ0n) is 13.9. The Morgan fingerprint density at radius 2 is 1.75 bits per heavy atom. The lowest BCUT2D eigenvalue weighted by Gasteiger charge is -2.36. The Bertz CT molecular complexity index is 728. The van der Waals surface area contributed by atoms with Crippen molar-refractivity contribution in [2.45, 2.75) is 37.8 Å². The third-order valence-corrected chi connectivity index (χ3v) is 5.53. The minimum atomic E-state index is 0.113. The van der Waals surface area contributed by atoms with Crippen molar-refractivity contribution < 1.29 is 4.79 Å². The lowest BCUT2D eigenvalue weighted by Crippen LogP contribution is -2.41. The number of hydrogen-bond acceptors (Lipinski definition) is 2. The molecule has 3 nitrogen and oxygen atoms in total. The topological polar surface area (TPSA) is 46.3 Å². The van der Waals surface area contributed by atoms with Crippen LogP contribution in [-0.2, 0) is 11.3 Å². The van der Waals surface area contributed by atoms with Gasteiger partial charge in [0.15, 0.2) is 0 Å². The molecule has 0 saturated heterocycles. The van der Waals surface area contributed by atoms with Gasteiger partial charge in [0.05, 0.1) is 0 Å². The smallest absolute Gasteiger partial charge is 0.226 e. The van der Waals surface area contributed by atoms with Crippen LogP contribution in [0.15, 0.2) is 54.6 Å². The van der Waals surface area contributed by atoms with Gasteiger partial charge in [-0.25, -0.2) is 0 Å². The Hall–Kier alpha value is -2.13. The van der Waals surface area contributed by atoms with Gasteiger partial charge in [-0.1, -0.05) is 54.6 Å². The monoisotopic (exact) mass is 320 g/mol. The van der Waals surface area contributed by atoms with Gasteiger partial charge < -0.3 is 10.6 Å². The molecule has 0 aromatic heterocycles. The fraction of sp³-hybridized carbons (Fsp3) is 0.381. The van der Waals surface area contributed by atoms with E-state index in [0.29, 0.717) is 5.91 Å². The number of carbonyl (C=O) groups excluding carboxylic acids is 1. The van der Waals surface area contributed by atoms with Crippen LogP contribution in [0.1, 0.15) is 41.9 Å². The van der Waals surface area contributed by atoms with E-state index in [4.69, 9.17) is 5.73 Å². The van der Waals surface area contributed by atoms with Crippen molar-refractivity contribution in [3.63, 3.8) is 0 Å². The van der Waals surface area contributed by atoms with Crippen LogP contribution in [0.4, 0.5) is 0 Å². The Balaban J connectivity index is 1.64. The van der Waals surface area contributed by atoms with Crippen LogP contribution in [0, 0.1) is 5.92 Å². The van der Waals surface area contributed by atoms with Crippen LogP contribution in [0.25, 0.3) is 0 Å². The van der Waals surface area contributed by atoms with Crippen molar-refractivity contribution in [1.29, 1.82) is 0 Å². The predicted molar refractivity (Wildman–Crippen MR) is 95.5 cm³/mol. The molecular weight excluding hydrogens is 296 g/mol. The van der Waals surface area contributed by atoms with Gasteiger partial charge in [-0.2, -0.15) is 0 Å². The second-order valence-corrected chi connectivity index (χ2v) is 7.15. The molecule has 0 bridgehead atoms. The van der Waals surface area contributed by atoms with E-state index in [0.717, 1.165) is 32.4 Å². The molecule has 1 saturated carbocycles. The van der Waals surface area contributed by atoms with Crippen LogP contribution in [0.3, 0.4) is 0 Å². The molecule has 1 fully saturated rings. The van der Waals surface area contributed by atoms with E-state index in [9.17, 15) is 4.79 Å². The van der Waals surface area contributed by atoms with Crippen molar-refractivity contribution >= 4 is 5.91 Å². The fourth-order valence-corrected chi connectivity index (χ4v) is 4.24. The standard InChI is InChI=1S/C21H24N2O/c22-18-11-10-16(12-18)21(24)23-13-17-8-4-5-9-19(17)20(14-23)15-6-2-1-3-7-15/h1-9,16,18,20H,10-14,22H2. The molecule has 2 aromatic carbocycles. The van der Waals surface area contributed by atoms with E-state index in [1.165, 1.54) is 16.7 Å². The highest BCUT2D eigenvalue weighted by Crippen LogP contribution is 2.35. The van der Waals surface area contributed by atoms with E-state index >= 15 is 0 Å². The molecule has 1 heterocycles. The van der Waals surface area contributed by atoms with Crippen molar-refractivity contribution in [2.75, 3.05) is 6.54 Å². The fourth-order valence-electron chi connectivity index (χ4n) is 4.24. The van der Waals surface area contributed by atoms with Gasteiger partial charge in [0.25, 0.3) is 0 Å². The number of nitrogens with zero attached hydrogens (tertiary/aromatic N) is 1. The molecule has 3 heteroatoms. The van der Waals surface area contributed by atoms with Crippen LogP contribution in [0.2, 0.25) is 0 Å². The normalized spacial score (nSPS) is 26.2. The van der Waals surface area contributed by atoms with Crippen molar-refractivity contribution in [2.24, 2.45) is 11.7 Å². The van der Waals surface area contributed by atoms with Gasteiger partial charge in [0.2, 0.25) is 5.91 Å². The van der Waals surface area contributed by atoms with Crippen LogP contribution in [0.5, 0.6) is 0 Å². The summed E-state index contributed by atoms with van der Waals surface area (Å²) in [5.74, 6) is 0.662. The first kappa shape index (κ1) is 15.4. The van der Waals surface area contributed by atoms with E-state index < -0.39 is 0 Å². The number of benzene rings is 2. The summed E-state index contributed by atoms with van der Waals surface area (Å²) in [4.78, 5) is 15.1. The summed E-state index contributed by atoms with van der Waals surface area (Å²) in [6.45, 7) is 1.50. The highest BCUT2D eigenvalue weighted by atomic mass is 16.2. The van der Waals surface area contributed by atoms with Crippen LogP contribution >= 0.6 is 0 Å². The highest BCUT2D eigenvalue weighted by Gasteiger charge is 2.35. The molecule has 2 aromatic rings. The number of nitrogens with two attached hydrogens (primary N) is 1. The molecule has 3 unspecified atom stereocenters. The van der Waals surface area contributed by atoms with E-state index in [-0.39, 0.29) is 17.9 Å². The maximum atomic E-state index is 13.0. The maximum Gasteiger partial charge on any atom is 0.226 e. The van der Waals surface area contributed by atoms with Crippen LogP contribution < -0.4 is 5.73 Å². The SMILES string of the molecule is NC1CCC(C(=O)N2Cc3ccccc3C(c3ccccc3)C2)C1. The molecule has 124 valence electrons. The third-order valence-electron chi connectivity index (χ3n) is 5.53. The van der Waals surface area contributed by atoms with E-state index in [1.807, 2.05) is 6.07 Å². The molecule has 1 aliphatic carbocycles. The second-order valence-electron chi connectivity index (χ2n) is 7.15. The lowest BCUT2D eigenvalue weighted by molar-refractivity contribution is -0.136. The van der Waals surface area contributed by atoms with Gasteiger partial charge >= 0.3 is 0 Å². The average molecular weight is 320 g/mol. The molecule has 0 spiro atoms. The molecule has 24 heavy (non-hydrogen) atoms. The van der Waals surface area contributed by atoms with Crippen LogP contribution in [-0.4, -0.2) is 23.4 Å². The van der Waals surface area contributed by atoms with Gasteiger partial charge in [-0.05, 0) is 36.0 Å². The Kier molecular flexibility index (Phi) is 4.11. The molecule has 3 atom stereocenters. The number of carbonyl (C=O) groups is 1. The first-order valence-electron chi connectivity index (χ1n) is 8.89. The number of fused-ring (bicyclic) bond motifs is 1. The number of amides is 1. The molecule has 1 amide bonds. The number of hydrogen-bond donors (Lipinski definition) is 1.